The molecule has 32 heavy (non-hydrogen) atoms. The van der Waals surface area contributed by atoms with E-state index in [-0.39, 0.29) is 6.04 Å². The van der Waals surface area contributed by atoms with Crippen molar-refractivity contribution < 1.29 is 13.2 Å². The number of benzene rings is 2. The zero-order chi connectivity index (χ0) is 23.3. The molecule has 0 bridgehead atoms. The Balaban J connectivity index is 1.78. The number of aryl methyl sites for hydroxylation is 1. The van der Waals surface area contributed by atoms with Crippen LogP contribution in [0.1, 0.15) is 56.7 Å². The quantitative estimate of drug-likeness (QED) is 0.452. The number of fused-ring (bicyclic) bond motifs is 1. The summed E-state index contributed by atoms with van der Waals surface area (Å²) in [5.41, 5.74) is 3.51. The number of hydrogen-bond acceptors (Lipinski definition) is 2. The molecule has 3 nitrogen and oxygen atoms in total. The molecule has 0 saturated carbocycles. The fourth-order valence-corrected chi connectivity index (χ4v) is 4.50. The molecule has 0 radical (unpaired) electrons. The average molecular weight is 464 g/mol. The summed E-state index contributed by atoms with van der Waals surface area (Å²) in [6, 6.07) is 11.9. The van der Waals surface area contributed by atoms with E-state index in [1.54, 1.807) is 6.07 Å². The first-order chi connectivity index (χ1) is 15.2. The number of halogens is 3. The van der Waals surface area contributed by atoms with Crippen molar-refractivity contribution in [2.45, 2.75) is 65.2 Å². The van der Waals surface area contributed by atoms with Gasteiger partial charge in [0.1, 0.15) is 0 Å². The zero-order valence-corrected chi connectivity index (χ0v) is 19.8. The molecule has 1 atom stereocenters. The Bertz CT molecular complexity index is 929. The molecule has 0 fully saturated rings. The van der Waals surface area contributed by atoms with E-state index >= 15 is 0 Å². The fraction of sp³-hybridized carbons (Fsp3) is 0.480. The van der Waals surface area contributed by atoms with Crippen molar-refractivity contribution in [1.82, 2.24) is 4.90 Å². The Labute approximate surface area is 194 Å². The van der Waals surface area contributed by atoms with Crippen molar-refractivity contribution in [3.05, 3.63) is 59.2 Å². The van der Waals surface area contributed by atoms with Gasteiger partial charge >= 0.3 is 6.18 Å². The van der Waals surface area contributed by atoms with Gasteiger partial charge in [-0.15, -0.1) is 0 Å². The van der Waals surface area contributed by atoms with Gasteiger partial charge in [-0.25, -0.2) is 0 Å². The third-order valence-corrected chi connectivity index (χ3v) is 6.37. The third-order valence-electron chi connectivity index (χ3n) is 6.03. The summed E-state index contributed by atoms with van der Waals surface area (Å²) in [6.07, 6.45) is -0.163. The summed E-state index contributed by atoms with van der Waals surface area (Å²) in [4.78, 5) is 4.51. The second-order valence-electron chi connectivity index (χ2n) is 8.45. The highest BCUT2D eigenvalue weighted by Gasteiger charge is 2.30. The number of hydrogen-bond donors (Lipinski definition) is 1. The van der Waals surface area contributed by atoms with E-state index < -0.39 is 11.7 Å². The van der Waals surface area contributed by atoms with Crippen LogP contribution in [0, 0.1) is 0 Å². The minimum atomic E-state index is -4.38. The Morgan fingerprint density at radius 1 is 1.19 bits per heavy atom. The lowest BCUT2D eigenvalue weighted by atomic mass is 9.98. The zero-order valence-electron chi connectivity index (χ0n) is 19.0. The van der Waals surface area contributed by atoms with Crippen LogP contribution in [0.5, 0.6) is 0 Å². The van der Waals surface area contributed by atoms with Crippen molar-refractivity contribution in [3.8, 4) is 0 Å². The summed E-state index contributed by atoms with van der Waals surface area (Å²) in [7, 11) is 0. The Morgan fingerprint density at radius 2 is 1.97 bits per heavy atom. The molecule has 0 amide bonds. The first kappa shape index (κ1) is 24.4. The lowest BCUT2D eigenvalue weighted by molar-refractivity contribution is -0.137. The highest BCUT2D eigenvalue weighted by Crippen LogP contribution is 2.31. The van der Waals surface area contributed by atoms with Gasteiger partial charge in [0.25, 0.3) is 0 Å². The number of anilines is 2. The minimum absolute atomic E-state index is 0.147. The van der Waals surface area contributed by atoms with Gasteiger partial charge in [-0.05, 0) is 80.2 Å². The largest absolute Gasteiger partial charge is 0.416 e. The average Bonchev–Trinajstić information content (AvgIpc) is 2.76. The normalized spacial score (nSPS) is 14.6. The predicted molar refractivity (Wildman–Crippen MR) is 130 cm³/mol. The summed E-state index contributed by atoms with van der Waals surface area (Å²) >= 11 is 5.64. The molecule has 0 aliphatic carbocycles. The Hall–Kier alpha value is -2.28. The van der Waals surface area contributed by atoms with Gasteiger partial charge in [-0.2, -0.15) is 13.2 Å². The van der Waals surface area contributed by atoms with Crippen molar-refractivity contribution in [2.24, 2.45) is 0 Å². The SMILES string of the molecule is CCCN1CCCc2cc(CN(C(=S)Nc3cccc(C(F)(F)F)c3)[C@H](C)CC)ccc21. The van der Waals surface area contributed by atoms with E-state index in [2.05, 4.69) is 54.1 Å². The second-order valence-corrected chi connectivity index (χ2v) is 8.83. The van der Waals surface area contributed by atoms with Gasteiger partial charge < -0.3 is 15.1 Å². The molecule has 7 heteroatoms. The number of rotatable bonds is 7. The smallest absolute Gasteiger partial charge is 0.371 e. The van der Waals surface area contributed by atoms with Crippen molar-refractivity contribution in [2.75, 3.05) is 23.3 Å². The van der Waals surface area contributed by atoms with Crippen molar-refractivity contribution in [3.63, 3.8) is 0 Å². The van der Waals surface area contributed by atoms with Gasteiger partial charge in [0.2, 0.25) is 0 Å². The van der Waals surface area contributed by atoms with E-state index in [9.17, 15) is 13.2 Å². The van der Waals surface area contributed by atoms with Crippen LogP contribution < -0.4 is 10.2 Å². The van der Waals surface area contributed by atoms with Gasteiger partial charge in [0, 0.05) is 37.1 Å². The number of thiocarbonyl (C=S) groups is 1. The van der Waals surface area contributed by atoms with Crippen LogP contribution in [0.25, 0.3) is 0 Å². The van der Waals surface area contributed by atoms with Crippen LogP contribution in [0.3, 0.4) is 0 Å². The number of alkyl halides is 3. The van der Waals surface area contributed by atoms with E-state index in [1.807, 2.05) is 0 Å². The van der Waals surface area contributed by atoms with Gasteiger partial charge in [-0.1, -0.05) is 32.0 Å². The van der Waals surface area contributed by atoms with Crippen LogP contribution in [-0.4, -0.2) is 29.1 Å². The second kappa shape index (κ2) is 10.6. The maximum Gasteiger partial charge on any atom is 0.416 e. The molecule has 0 spiro atoms. The summed E-state index contributed by atoms with van der Waals surface area (Å²) < 4.78 is 39.2. The molecule has 174 valence electrons. The standard InChI is InChI=1S/C25H32F3N3S/c1-4-13-30-14-7-8-20-15-19(11-12-23(20)30)17-31(18(3)5-2)24(32)29-22-10-6-9-21(16-22)25(26,27)28/h6,9-12,15-16,18H,4-5,7-8,13-14,17H2,1-3H3,(H,29,32)/t18-/m1/s1. The van der Waals surface area contributed by atoms with Crippen LogP contribution in [0.15, 0.2) is 42.5 Å². The fourth-order valence-electron chi connectivity index (χ4n) is 4.14. The van der Waals surface area contributed by atoms with E-state index in [0.29, 0.717) is 17.3 Å². The molecule has 3 rings (SSSR count). The Morgan fingerprint density at radius 3 is 2.66 bits per heavy atom. The van der Waals surface area contributed by atoms with E-state index in [0.717, 1.165) is 56.5 Å². The molecule has 1 aliphatic heterocycles. The van der Waals surface area contributed by atoms with E-state index in [1.165, 1.54) is 17.3 Å². The maximum atomic E-state index is 13.1. The number of nitrogens with zero attached hydrogens (tertiary/aromatic N) is 2. The van der Waals surface area contributed by atoms with Crippen molar-refractivity contribution in [1.29, 1.82) is 0 Å². The molecule has 0 aromatic heterocycles. The maximum absolute atomic E-state index is 13.1. The third kappa shape index (κ3) is 5.94. The topological polar surface area (TPSA) is 18.5 Å². The van der Waals surface area contributed by atoms with Crippen LogP contribution in [0.4, 0.5) is 24.5 Å². The van der Waals surface area contributed by atoms with Crippen LogP contribution >= 0.6 is 12.2 Å². The van der Waals surface area contributed by atoms with Gasteiger partial charge in [-0.3, -0.25) is 0 Å². The van der Waals surface area contributed by atoms with Gasteiger partial charge in [0.15, 0.2) is 5.11 Å². The first-order valence-electron chi connectivity index (χ1n) is 11.3. The van der Waals surface area contributed by atoms with Crippen molar-refractivity contribution >= 4 is 28.7 Å². The monoisotopic (exact) mass is 463 g/mol. The Kier molecular flexibility index (Phi) is 8.04. The molecule has 2 aromatic carbocycles. The lowest BCUT2D eigenvalue weighted by Gasteiger charge is -2.34. The molecule has 1 N–H and O–H groups in total. The molecular weight excluding hydrogens is 431 g/mol. The molecule has 1 aliphatic rings. The lowest BCUT2D eigenvalue weighted by Crippen LogP contribution is -2.40. The van der Waals surface area contributed by atoms with Crippen LogP contribution in [-0.2, 0) is 19.1 Å². The van der Waals surface area contributed by atoms with Gasteiger partial charge in [0.05, 0.1) is 5.56 Å². The van der Waals surface area contributed by atoms with Crippen LogP contribution in [0.2, 0.25) is 0 Å². The summed E-state index contributed by atoms with van der Waals surface area (Å²) in [6.45, 7) is 9.15. The highest BCUT2D eigenvalue weighted by molar-refractivity contribution is 7.80. The summed E-state index contributed by atoms with van der Waals surface area (Å²) in [5.74, 6) is 0. The first-order valence-corrected chi connectivity index (χ1v) is 11.7. The molecular formula is C25H32F3N3S. The molecule has 0 unspecified atom stereocenters. The molecule has 2 aromatic rings. The predicted octanol–water partition coefficient (Wildman–Crippen LogP) is 6.87. The van der Waals surface area contributed by atoms with E-state index in [4.69, 9.17) is 12.2 Å². The number of nitrogens with one attached hydrogen (secondary N) is 1. The highest BCUT2D eigenvalue weighted by atomic mass is 32.1. The molecule has 0 saturated heterocycles. The summed E-state index contributed by atoms with van der Waals surface area (Å²) in [5, 5.41) is 3.46. The molecule has 1 heterocycles. The minimum Gasteiger partial charge on any atom is -0.371 e.